The Balaban J connectivity index is 1.46. The summed E-state index contributed by atoms with van der Waals surface area (Å²) in [4.78, 5) is 2.53. The topological polar surface area (TPSA) is 23.5 Å². The maximum atomic E-state index is 10.6. The minimum atomic E-state index is -0.373. The average molecular weight is 338 g/mol. The zero-order valence-electron chi connectivity index (χ0n) is 15.6. The Morgan fingerprint density at radius 3 is 2.28 bits per heavy atom. The molecule has 0 aromatic heterocycles. The van der Waals surface area contributed by atoms with Gasteiger partial charge in [-0.15, -0.1) is 0 Å². The first-order valence-corrected chi connectivity index (χ1v) is 9.62. The van der Waals surface area contributed by atoms with E-state index in [0.717, 1.165) is 31.1 Å². The van der Waals surface area contributed by atoms with Crippen molar-refractivity contribution in [3.63, 3.8) is 0 Å². The van der Waals surface area contributed by atoms with Gasteiger partial charge in [0.25, 0.3) is 0 Å². The summed E-state index contributed by atoms with van der Waals surface area (Å²) in [7, 11) is 0. The van der Waals surface area contributed by atoms with E-state index in [2.05, 4.69) is 73.3 Å². The fourth-order valence-corrected chi connectivity index (χ4v) is 3.92. The third-order valence-corrected chi connectivity index (χ3v) is 5.58. The molecular weight excluding hydrogens is 306 g/mol. The van der Waals surface area contributed by atoms with Crippen molar-refractivity contribution < 1.29 is 5.11 Å². The number of rotatable bonds is 6. The summed E-state index contributed by atoms with van der Waals surface area (Å²) in [5.41, 5.74) is 3.74. The molecule has 2 aromatic carbocycles. The predicted octanol–water partition coefficient (Wildman–Crippen LogP) is 4.62. The highest BCUT2D eigenvalue weighted by Crippen LogP contribution is 2.26. The van der Waals surface area contributed by atoms with Crippen LogP contribution >= 0.6 is 0 Å². The van der Waals surface area contributed by atoms with E-state index in [1.54, 1.807) is 0 Å². The van der Waals surface area contributed by atoms with E-state index < -0.39 is 0 Å². The molecule has 1 heterocycles. The predicted molar refractivity (Wildman–Crippen MR) is 105 cm³/mol. The monoisotopic (exact) mass is 337 g/mol. The van der Waals surface area contributed by atoms with Crippen LogP contribution in [0.5, 0.6) is 0 Å². The molecule has 0 spiro atoms. The van der Waals surface area contributed by atoms with Crippen molar-refractivity contribution in [1.82, 2.24) is 4.90 Å². The molecule has 1 saturated heterocycles. The molecule has 0 bridgehead atoms. The Labute approximate surface area is 152 Å². The molecule has 1 aliphatic rings. The van der Waals surface area contributed by atoms with Crippen molar-refractivity contribution in [3.05, 3.63) is 71.3 Å². The highest BCUT2D eigenvalue weighted by Gasteiger charge is 2.23. The lowest BCUT2D eigenvalue weighted by molar-refractivity contribution is 0.0752. The lowest BCUT2D eigenvalue weighted by atomic mass is 9.89. The summed E-state index contributed by atoms with van der Waals surface area (Å²) < 4.78 is 0. The number of aliphatic hydroxyl groups excluding tert-OH is 1. The third-order valence-electron chi connectivity index (χ3n) is 5.58. The van der Waals surface area contributed by atoms with Gasteiger partial charge in [-0.3, -0.25) is 0 Å². The van der Waals surface area contributed by atoms with Crippen molar-refractivity contribution >= 4 is 0 Å². The van der Waals surface area contributed by atoms with Gasteiger partial charge in [-0.2, -0.15) is 0 Å². The Morgan fingerprint density at radius 2 is 1.64 bits per heavy atom. The fourth-order valence-electron chi connectivity index (χ4n) is 3.92. The molecule has 2 atom stereocenters. The van der Waals surface area contributed by atoms with E-state index in [4.69, 9.17) is 0 Å². The number of aliphatic hydroxyl groups is 1. The lowest BCUT2D eigenvalue weighted by Gasteiger charge is -2.34. The molecule has 2 heteroatoms. The maximum Gasteiger partial charge on any atom is 0.0827 e. The Bertz CT molecular complexity index is 629. The van der Waals surface area contributed by atoms with E-state index in [1.165, 1.54) is 30.4 Å². The summed E-state index contributed by atoms with van der Waals surface area (Å²) in [6.45, 7) is 7.54. The van der Waals surface area contributed by atoms with E-state index in [-0.39, 0.29) is 12.0 Å². The first kappa shape index (κ1) is 18.2. The Hall–Kier alpha value is -1.64. The van der Waals surface area contributed by atoms with Gasteiger partial charge in [-0.1, -0.05) is 67.1 Å². The van der Waals surface area contributed by atoms with Crippen LogP contribution in [0, 0.1) is 18.8 Å². The highest BCUT2D eigenvalue weighted by molar-refractivity contribution is 5.23. The largest absolute Gasteiger partial charge is 0.388 e. The quantitative estimate of drug-likeness (QED) is 0.831. The van der Waals surface area contributed by atoms with Crippen LogP contribution < -0.4 is 0 Å². The van der Waals surface area contributed by atoms with Crippen molar-refractivity contribution in [1.29, 1.82) is 0 Å². The minimum Gasteiger partial charge on any atom is -0.388 e. The molecule has 134 valence electrons. The number of aryl methyl sites for hydroxylation is 1. The van der Waals surface area contributed by atoms with Crippen LogP contribution in [0.2, 0.25) is 0 Å². The summed E-state index contributed by atoms with van der Waals surface area (Å²) in [6, 6.07) is 19.1. The van der Waals surface area contributed by atoms with Crippen LogP contribution in [-0.4, -0.2) is 29.6 Å². The second kappa shape index (κ2) is 8.64. The number of hydrogen-bond acceptors (Lipinski definition) is 2. The van der Waals surface area contributed by atoms with Crippen LogP contribution in [0.4, 0.5) is 0 Å². The molecule has 3 rings (SSSR count). The zero-order valence-corrected chi connectivity index (χ0v) is 15.6. The number of benzene rings is 2. The normalized spacial score (nSPS) is 18.8. The number of piperidine rings is 1. The molecule has 0 radical (unpaired) electrons. The molecule has 2 unspecified atom stereocenters. The van der Waals surface area contributed by atoms with Crippen LogP contribution in [0.1, 0.15) is 42.6 Å². The average Bonchev–Trinajstić information content (AvgIpc) is 2.64. The number of likely N-dealkylation sites (tertiary alicyclic amines) is 1. The molecule has 2 nitrogen and oxygen atoms in total. The van der Waals surface area contributed by atoms with Gasteiger partial charge in [-0.05, 0) is 62.2 Å². The molecule has 0 saturated carbocycles. The maximum absolute atomic E-state index is 10.6. The first-order valence-electron chi connectivity index (χ1n) is 9.62. The molecule has 1 N–H and O–H groups in total. The fraction of sp³-hybridized carbons (Fsp3) is 0.478. The molecular formula is C23H31NO. The summed E-state index contributed by atoms with van der Waals surface area (Å²) >= 11 is 0. The van der Waals surface area contributed by atoms with Crippen LogP contribution in [0.25, 0.3) is 0 Å². The van der Waals surface area contributed by atoms with Crippen molar-refractivity contribution in [2.75, 3.05) is 19.6 Å². The van der Waals surface area contributed by atoms with Gasteiger partial charge >= 0.3 is 0 Å². The van der Waals surface area contributed by atoms with Gasteiger partial charge in [0.15, 0.2) is 0 Å². The smallest absolute Gasteiger partial charge is 0.0827 e. The van der Waals surface area contributed by atoms with Crippen molar-refractivity contribution in [2.45, 2.75) is 39.2 Å². The summed E-state index contributed by atoms with van der Waals surface area (Å²) in [6.07, 6.45) is 3.36. The number of nitrogens with zero attached hydrogens (tertiary/aromatic N) is 1. The van der Waals surface area contributed by atoms with Gasteiger partial charge in [-0.25, -0.2) is 0 Å². The SMILES string of the molecule is Cc1ccc(C(O)C(C)CN2CCC(Cc3ccccc3)CC2)cc1. The van der Waals surface area contributed by atoms with E-state index in [1.807, 2.05) is 0 Å². The van der Waals surface area contributed by atoms with Crippen LogP contribution in [-0.2, 0) is 6.42 Å². The second-order valence-electron chi connectivity index (χ2n) is 7.77. The highest BCUT2D eigenvalue weighted by atomic mass is 16.3. The molecule has 0 amide bonds. The zero-order chi connectivity index (χ0) is 17.6. The van der Waals surface area contributed by atoms with Crippen molar-refractivity contribution in [2.24, 2.45) is 11.8 Å². The molecule has 1 aliphatic heterocycles. The van der Waals surface area contributed by atoms with E-state index in [0.29, 0.717) is 0 Å². The van der Waals surface area contributed by atoms with Crippen LogP contribution in [0.3, 0.4) is 0 Å². The standard InChI is InChI=1S/C23H31NO/c1-18-8-10-22(11-9-18)23(25)19(2)17-24-14-12-21(13-15-24)16-20-6-4-3-5-7-20/h3-11,19,21,23,25H,12-17H2,1-2H3. The molecule has 2 aromatic rings. The van der Waals surface area contributed by atoms with Gasteiger partial charge in [0, 0.05) is 6.54 Å². The first-order chi connectivity index (χ1) is 12.1. The van der Waals surface area contributed by atoms with E-state index >= 15 is 0 Å². The summed E-state index contributed by atoms with van der Waals surface area (Å²) in [5.74, 6) is 1.06. The van der Waals surface area contributed by atoms with E-state index in [9.17, 15) is 5.11 Å². The minimum absolute atomic E-state index is 0.258. The second-order valence-corrected chi connectivity index (χ2v) is 7.77. The summed E-state index contributed by atoms with van der Waals surface area (Å²) in [5, 5.41) is 10.6. The molecule has 1 fully saturated rings. The third kappa shape index (κ3) is 5.17. The lowest BCUT2D eigenvalue weighted by Crippen LogP contribution is -2.38. The molecule has 0 aliphatic carbocycles. The Morgan fingerprint density at radius 1 is 1.00 bits per heavy atom. The van der Waals surface area contributed by atoms with Crippen molar-refractivity contribution in [3.8, 4) is 0 Å². The molecule has 25 heavy (non-hydrogen) atoms. The van der Waals surface area contributed by atoms with Gasteiger partial charge in [0.05, 0.1) is 6.10 Å². The van der Waals surface area contributed by atoms with Gasteiger partial charge < -0.3 is 10.0 Å². The van der Waals surface area contributed by atoms with Crippen LogP contribution in [0.15, 0.2) is 54.6 Å². The van der Waals surface area contributed by atoms with Gasteiger partial charge in [0.1, 0.15) is 0 Å². The number of hydrogen-bond donors (Lipinski definition) is 1. The Kier molecular flexibility index (Phi) is 6.28. The van der Waals surface area contributed by atoms with Gasteiger partial charge in [0.2, 0.25) is 0 Å².